The van der Waals surface area contributed by atoms with Crippen molar-refractivity contribution in [1.82, 2.24) is 5.32 Å². The fourth-order valence-electron chi connectivity index (χ4n) is 0.414. The molecule has 0 aromatic rings. The summed E-state index contributed by atoms with van der Waals surface area (Å²) in [5, 5.41) is 2.94. The Bertz CT molecular complexity index is 102. The molecule has 0 aromatic carbocycles. The lowest BCUT2D eigenvalue weighted by molar-refractivity contribution is 1.02. The highest BCUT2D eigenvalue weighted by Gasteiger charge is 2.08. The van der Waals surface area contributed by atoms with Crippen LogP contribution in [0.15, 0.2) is 11.1 Å². The summed E-state index contributed by atoms with van der Waals surface area (Å²) >= 11 is 7.24. The number of allylic oxidation sites excluding steroid dienone is 1. The van der Waals surface area contributed by atoms with Gasteiger partial charge in [-0.2, -0.15) is 0 Å². The molecule has 1 nitrogen and oxygen atoms in total. The number of thioether (sulfide) groups is 1. The van der Waals surface area contributed by atoms with Crippen LogP contribution in [0.25, 0.3) is 0 Å². The first-order valence-electron chi connectivity index (χ1n) is 2.02. The van der Waals surface area contributed by atoms with Gasteiger partial charge in [0.15, 0.2) is 4.83 Å². The molecule has 3 heteroatoms. The highest BCUT2D eigenvalue weighted by molar-refractivity contribution is 8.04. The molecule has 1 rings (SSSR count). The molecule has 1 aliphatic heterocycles. The van der Waals surface area contributed by atoms with E-state index < -0.39 is 0 Å². The van der Waals surface area contributed by atoms with E-state index in [2.05, 4.69) is 5.32 Å². The van der Waals surface area contributed by atoms with Crippen LogP contribution in [0, 0.1) is 0 Å². The lowest BCUT2D eigenvalue weighted by atomic mass is 10.7. The molecular formula is C4H6ClNS. The van der Waals surface area contributed by atoms with E-state index >= 15 is 0 Å². The van der Waals surface area contributed by atoms with Crippen molar-refractivity contribution in [3.63, 3.8) is 0 Å². The van der Waals surface area contributed by atoms with Crippen molar-refractivity contribution in [2.24, 2.45) is 0 Å². The highest BCUT2D eigenvalue weighted by atomic mass is 35.5. The van der Waals surface area contributed by atoms with E-state index in [9.17, 15) is 0 Å². The summed E-state index contributed by atoms with van der Waals surface area (Å²) in [7, 11) is 0. The third kappa shape index (κ3) is 1.28. The fourth-order valence-corrected chi connectivity index (χ4v) is 1.50. The van der Waals surface area contributed by atoms with Crippen molar-refractivity contribution in [3.05, 3.63) is 11.1 Å². The topological polar surface area (TPSA) is 12.0 Å². The quantitative estimate of drug-likeness (QED) is 0.401. The van der Waals surface area contributed by atoms with E-state index in [0.29, 0.717) is 0 Å². The van der Waals surface area contributed by atoms with Crippen molar-refractivity contribution < 1.29 is 0 Å². The van der Waals surface area contributed by atoms with Gasteiger partial charge in [-0.1, -0.05) is 23.4 Å². The van der Waals surface area contributed by atoms with Gasteiger partial charge >= 0.3 is 0 Å². The first-order valence-corrected chi connectivity index (χ1v) is 3.34. The first kappa shape index (κ1) is 5.32. The van der Waals surface area contributed by atoms with Crippen LogP contribution in [0.4, 0.5) is 0 Å². The third-order valence-corrected chi connectivity index (χ3v) is 1.93. The Labute approximate surface area is 52.1 Å². The van der Waals surface area contributed by atoms with Crippen LogP contribution in [0.5, 0.6) is 0 Å². The average molecular weight is 136 g/mol. The minimum atomic E-state index is 0.0694. The molecule has 1 heterocycles. The van der Waals surface area contributed by atoms with Crippen LogP contribution in [0.3, 0.4) is 0 Å². The van der Waals surface area contributed by atoms with Crippen LogP contribution in [0.2, 0.25) is 0 Å². The molecule has 0 aliphatic carbocycles. The van der Waals surface area contributed by atoms with Crippen molar-refractivity contribution in [2.45, 2.75) is 11.8 Å². The van der Waals surface area contributed by atoms with Gasteiger partial charge in [-0.05, 0) is 6.92 Å². The predicted molar refractivity (Wildman–Crippen MR) is 34.1 cm³/mol. The smallest absolute Gasteiger partial charge is 0.152 e. The normalized spacial score (nSPS) is 29.4. The summed E-state index contributed by atoms with van der Waals surface area (Å²) in [5.74, 6) is 0. The minimum Gasteiger partial charge on any atom is -0.366 e. The Morgan fingerprint density at radius 2 is 2.71 bits per heavy atom. The first-order chi connectivity index (χ1) is 3.29. The van der Waals surface area contributed by atoms with E-state index in [1.54, 1.807) is 11.8 Å². The second-order valence-corrected chi connectivity index (χ2v) is 3.40. The van der Waals surface area contributed by atoms with Crippen LogP contribution >= 0.6 is 23.4 Å². The zero-order valence-electron chi connectivity index (χ0n) is 3.94. The molecular weight excluding hydrogens is 130 g/mol. The Balaban J connectivity index is 2.42. The predicted octanol–water partition coefficient (Wildman–Crippen LogP) is 1.71. The van der Waals surface area contributed by atoms with Gasteiger partial charge in [0.1, 0.15) is 0 Å². The van der Waals surface area contributed by atoms with Gasteiger partial charge in [-0.15, -0.1) is 0 Å². The van der Waals surface area contributed by atoms with Crippen molar-refractivity contribution in [2.75, 3.05) is 0 Å². The van der Waals surface area contributed by atoms with Gasteiger partial charge in [0.05, 0.1) is 0 Å². The molecule has 0 spiro atoms. The molecule has 0 radical (unpaired) electrons. The molecule has 1 atom stereocenters. The maximum Gasteiger partial charge on any atom is 0.152 e. The molecule has 0 amide bonds. The number of hydrogen-bond donors (Lipinski definition) is 1. The molecule has 0 saturated heterocycles. The average Bonchev–Trinajstić information content (AvgIpc) is 1.87. The number of halogens is 1. The lowest BCUT2D eigenvalue weighted by Crippen LogP contribution is -2.06. The molecule has 0 bridgehead atoms. The Morgan fingerprint density at radius 1 is 2.00 bits per heavy atom. The largest absolute Gasteiger partial charge is 0.366 e. The summed E-state index contributed by atoms with van der Waals surface area (Å²) in [6.45, 7) is 2.03. The number of hydrogen-bond acceptors (Lipinski definition) is 2. The standard InChI is InChI=1S/C4H6ClNS/c1-3-2-6-4(5)7-3/h2,4,6H,1H3. The van der Waals surface area contributed by atoms with E-state index in [-0.39, 0.29) is 4.83 Å². The highest BCUT2D eigenvalue weighted by Crippen LogP contribution is 2.26. The van der Waals surface area contributed by atoms with Crippen LogP contribution in [-0.2, 0) is 0 Å². The summed E-state index contributed by atoms with van der Waals surface area (Å²) in [6, 6.07) is 0. The van der Waals surface area contributed by atoms with E-state index in [1.807, 2.05) is 13.1 Å². The second-order valence-electron chi connectivity index (χ2n) is 1.36. The minimum absolute atomic E-state index is 0.0694. The summed E-state index contributed by atoms with van der Waals surface area (Å²) in [6.07, 6.45) is 1.92. The Morgan fingerprint density at radius 3 is 2.86 bits per heavy atom. The molecule has 7 heavy (non-hydrogen) atoms. The molecule has 40 valence electrons. The molecule has 1 N–H and O–H groups in total. The maximum atomic E-state index is 5.61. The lowest BCUT2D eigenvalue weighted by Gasteiger charge is -1.94. The SMILES string of the molecule is CC1=CNC(Cl)S1. The van der Waals surface area contributed by atoms with Crippen molar-refractivity contribution >= 4 is 23.4 Å². The van der Waals surface area contributed by atoms with E-state index in [1.165, 1.54) is 4.91 Å². The van der Waals surface area contributed by atoms with Gasteiger partial charge in [-0.3, -0.25) is 0 Å². The maximum absolute atomic E-state index is 5.61. The zero-order chi connectivity index (χ0) is 5.28. The number of alkyl halides is 1. The zero-order valence-corrected chi connectivity index (χ0v) is 5.51. The molecule has 1 unspecified atom stereocenters. The van der Waals surface area contributed by atoms with Gasteiger partial charge in [0.25, 0.3) is 0 Å². The molecule has 0 fully saturated rings. The summed E-state index contributed by atoms with van der Waals surface area (Å²) in [5.41, 5.74) is 0. The van der Waals surface area contributed by atoms with E-state index in [4.69, 9.17) is 11.6 Å². The van der Waals surface area contributed by atoms with Gasteiger partial charge in [0.2, 0.25) is 0 Å². The Hall–Kier alpha value is 0.180. The molecule has 0 aromatic heterocycles. The van der Waals surface area contributed by atoms with Gasteiger partial charge < -0.3 is 5.32 Å². The van der Waals surface area contributed by atoms with Crippen LogP contribution in [0.1, 0.15) is 6.92 Å². The summed E-state index contributed by atoms with van der Waals surface area (Å²) in [4.78, 5) is 1.32. The molecule has 1 aliphatic rings. The monoisotopic (exact) mass is 135 g/mol. The van der Waals surface area contributed by atoms with E-state index in [0.717, 1.165) is 0 Å². The Kier molecular flexibility index (Phi) is 1.50. The second kappa shape index (κ2) is 1.97. The fraction of sp³-hybridized carbons (Fsp3) is 0.500. The molecule has 0 saturated carbocycles. The van der Waals surface area contributed by atoms with Crippen molar-refractivity contribution in [3.8, 4) is 0 Å². The van der Waals surface area contributed by atoms with Gasteiger partial charge in [0, 0.05) is 11.1 Å². The van der Waals surface area contributed by atoms with Crippen LogP contribution in [-0.4, -0.2) is 4.83 Å². The number of rotatable bonds is 0. The third-order valence-electron chi connectivity index (χ3n) is 0.707. The van der Waals surface area contributed by atoms with Crippen molar-refractivity contribution in [1.29, 1.82) is 0 Å². The number of nitrogens with one attached hydrogen (secondary N) is 1. The van der Waals surface area contributed by atoms with Gasteiger partial charge in [-0.25, -0.2) is 0 Å². The summed E-state index contributed by atoms with van der Waals surface area (Å²) < 4.78 is 0. The van der Waals surface area contributed by atoms with Crippen LogP contribution < -0.4 is 5.32 Å².